The van der Waals surface area contributed by atoms with E-state index in [0.29, 0.717) is 23.2 Å². The summed E-state index contributed by atoms with van der Waals surface area (Å²) in [7, 11) is 0. The molecule has 0 radical (unpaired) electrons. The third kappa shape index (κ3) is 3.23. The number of hydrogen-bond acceptors (Lipinski definition) is 3. The van der Waals surface area contributed by atoms with Crippen molar-refractivity contribution in [3.63, 3.8) is 0 Å². The standard InChI is InChI=1S/C13H19N3/c1-9(2)10(3)8-15-13-12(7-14)6-5-11(4)16-13/h5-6,9-10H,8H2,1-4H3,(H,15,16). The Balaban J connectivity index is 2.73. The molecule has 0 saturated carbocycles. The predicted molar refractivity (Wildman–Crippen MR) is 66.2 cm³/mol. The summed E-state index contributed by atoms with van der Waals surface area (Å²) in [6.07, 6.45) is 0. The minimum atomic E-state index is 0.564. The summed E-state index contributed by atoms with van der Waals surface area (Å²) >= 11 is 0. The Bertz CT molecular complexity index is 391. The van der Waals surface area contributed by atoms with Crippen LogP contribution in [0.4, 0.5) is 5.82 Å². The van der Waals surface area contributed by atoms with E-state index in [9.17, 15) is 0 Å². The van der Waals surface area contributed by atoms with Crippen molar-refractivity contribution in [2.45, 2.75) is 27.7 Å². The molecule has 16 heavy (non-hydrogen) atoms. The number of hydrogen-bond donors (Lipinski definition) is 1. The summed E-state index contributed by atoms with van der Waals surface area (Å²) in [6.45, 7) is 9.36. The van der Waals surface area contributed by atoms with Gasteiger partial charge in [-0.3, -0.25) is 0 Å². The lowest BCUT2D eigenvalue weighted by atomic mass is 9.98. The zero-order valence-corrected chi connectivity index (χ0v) is 10.4. The lowest BCUT2D eigenvalue weighted by molar-refractivity contribution is 0.439. The highest BCUT2D eigenvalue weighted by molar-refractivity contribution is 5.52. The van der Waals surface area contributed by atoms with Crippen LogP contribution in [0.5, 0.6) is 0 Å². The maximum absolute atomic E-state index is 8.95. The third-order valence-corrected chi connectivity index (χ3v) is 2.88. The van der Waals surface area contributed by atoms with E-state index in [4.69, 9.17) is 5.26 Å². The van der Waals surface area contributed by atoms with Gasteiger partial charge >= 0.3 is 0 Å². The number of nitrogens with one attached hydrogen (secondary N) is 1. The van der Waals surface area contributed by atoms with Gasteiger partial charge in [0.2, 0.25) is 0 Å². The van der Waals surface area contributed by atoms with Crippen LogP contribution in [0.3, 0.4) is 0 Å². The van der Waals surface area contributed by atoms with Gasteiger partial charge in [0.15, 0.2) is 0 Å². The Hall–Kier alpha value is -1.56. The zero-order chi connectivity index (χ0) is 12.1. The molecule has 0 fully saturated rings. The van der Waals surface area contributed by atoms with Crippen molar-refractivity contribution in [3.05, 3.63) is 23.4 Å². The molecule has 0 saturated heterocycles. The highest BCUT2D eigenvalue weighted by Gasteiger charge is 2.09. The van der Waals surface area contributed by atoms with Crippen LogP contribution in [-0.4, -0.2) is 11.5 Å². The molecule has 1 atom stereocenters. The Labute approximate surface area is 97.5 Å². The highest BCUT2D eigenvalue weighted by atomic mass is 15.0. The van der Waals surface area contributed by atoms with Crippen molar-refractivity contribution in [2.75, 3.05) is 11.9 Å². The second kappa shape index (κ2) is 5.50. The molecular weight excluding hydrogens is 198 g/mol. The topological polar surface area (TPSA) is 48.7 Å². The molecular formula is C13H19N3. The van der Waals surface area contributed by atoms with Gasteiger partial charge in [0.25, 0.3) is 0 Å². The van der Waals surface area contributed by atoms with Gasteiger partial charge in [-0.15, -0.1) is 0 Å². The fourth-order valence-electron chi connectivity index (χ4n) is 1.28. The zero-order valence-electron chi connectivity index (χ0n) is 10.4. The molecule has 1 rings (SSSR count). The van der Waals surface area contributed by atoms with Crippen LogP contribution in [0, 0.1) is 30.1 Å². The predicted octanol–water partition coefficient (Wildman–Crippen LogP) is 2.97. The maximum atomic E-state index is 8.95. The average molecular weight is 217 g/mol. The number of pyridine rings is 1. The second-order valence-corrected chi connectivity index (χ2v) is 4.56. The number of nitrogens with zero attached hydrogens (tertiary/aromatic N) is 2. The average Bonchev–Trinajstić information content (AvgIpc) is 2.25. The number of aromatic nitrogens is 1. The Morgan fingerprint density at radius 1 is 1.38 bits per heavy atom. The van der Waals surface area contributed by atoms with Crippen LogP contribution in [0.2, 0.25) is 0 Å². The number of aryl methyl sites for hydroxylation is 1. The molecule has 0 amide bonds. The molecule has 3 heteroatoms. The van der Waals surface area contributed by atoms with Gasteiger partial charge in [-0.1, -0.05) is 20.8 Å². The Morgan fingerprint density at radius 2 is 2.06 bits per heavy atom. The third-order valence-electron chi connectivity index (χ3n) is 2.88. The van der Waals surface area contributed by atoms with Crippen molar-refractivity contribution < 1.29 is 0 Å². The lowest BCUT2D eigenvalue weighted by Crippen LogP contribution is -2.17. The van der Waals surface area contributed by atoms with Crippen LogP contribution < -0.4 is 5.32 Å². The molecule has 86 valence electrons. The Kier molecular flexibility index (Phi) is 4.30. The van der Waals surface area contributed by atoms with Crippen molar-refractivity contribution in [2.24, 2.45) is 11.8 Å². The van der Waals surface area contributed by atoms with E-state index in [-0.39, 0.29) is 0 Å². The molecule has 0 spiro atoms. The molecule has 0 aliphatic carbocycles. The smallest absolute Gasteiger partial charge is 0.144 e. The van der Waals surface area contributed by atoms with E-state index in [2.05, 4.69) is 37.1 Å². The Morgan fingerprint density at radius 3 is 2.62 bits per heavy atom. The van der Waals surface area contributed by atoms with Gasteiger partial charge in [0, 0.05) is 12.2 Å². The van der Waals surface area contributed by atoms with Crippen molar-refractivity contribution in [3.8, 4) is 6.07 Å². The van der Waals surface area contributed by atoms with Crippen molar-refractivity contribution >= 4 is 5.82 Å². The molecule has 0 aromatic carbocycles. The normalized spacial score (nSPS) is 12.2. The van der Waals surface area contributed by atoms with Crippen LogP contribution in [0.25, 0.3) is 0 Å². The van der Waals surface area contributed by atoms with Gasteiger partial charge in [-0.05, 0) is 30.9 Å². The lowest BCUT2D eigenvalue weighted by Gasteiger charge is -2.17. The summed E-state index contributed by atoms with van der Waals surface area (Å²) in [5, 5.41) is 12.2. The summed E-state index contributed by atoms with van der Waals surface area (Å²) in [5.74, 6) is 1.90. The van der Waals surface area contributed by atoms with Crippen LogP contribution in [0.1, 0.15) is 32.0 Å². The number of anilines is 1. The summed E-state index contributed by atoms with van der Waals surface area (Å²) < 4.78 is 0. The molecule has 1 heterocycles. The van der Waals surface area contributed by atoms with Crippen molar-refractivity contribution in [1.82, 2.24) is 4.98 Å². The molecule has 1 aromatic heterocycles. The minimum absolute atomic E-state index is 0.564. The minimum Gasteiger partial charge on any atom is -0.369 e. The van der Waals surface area contributed by atoms with E-state index in [1.807, 2.05) is 19.1 Å². The maximum Gasteiger partial charge on any atom is 0.144 e. The highest BCUT2D eigenvalue weighted by Crippen LogP contribution is 2.15. The van der Waals surface area contributed by atoms with Crippen LogP contribution in [0.15, 0.2) is 12.1 Å². The van der Waals surface area contributed by atoms with E-state index < -0.39 is 0 Å². The molecule has 1 N–H and O–H groups in total. The van der Waals surface area contributed by atoms with E-state index in [1.165, 1.54) is 0 Å². The second-order valence-electron chi connectivity index (χ2n) is 4.56. The van der Waals surface area contributed by atoms with Crippen LogP contribution >= 0.6 is 0 Å². The van der Waals surface area contributed by atoms with Gasteiger partial charge in [-0.25, -0.2) is 4.98 Å². The molecule has 1 unspecified atom stereocenters. The molecule has 0 aliphatic heterocycles. The first-order chi connectivity index (χ1) is 7.54. The summed E-state index contributed by atoms with van der Waals surface area (Å²) in [4.78, 5) is 4.34. The molecule has 0 aliphatic rings. The van der Waals surface area contributed by atoms with Gasteiger partial charge < -0.3 is 5.32 Å². The quantitative estimate of drug-likeness (QED) is 0.843. The number of rotatable bonds is 4. The van der Waals surface area contributed by atoms with Crippen LogP contribution in [-0.2, 0) is 0 Å². The largest absolute Gasteiger partial charge is 0.369 e. The van der Waals surface area contributed by atoms with Gasteiger partial charge in [0.1, 0.15) is 11.9 Å². The first-order valence-corrected chi connectivity index (χ1v) is 5.66. The van der Waals surface area contributed by atoms with E-state index in [0.717, 1.165) is 12.2 Å². The van der Waals surface area contributed by atoms with Gasteiger partial charge in [-0.2, -0.15) is 5.26 Å². The molecule has 1 aromatic rings. The molecule has 0 bridgehead atoms. The fraction of sp³-hybridized carbons (Fsp3) is 0.538. The first-order valence-electron chi connectivity index (χ1n) is 5.66. The fourth-order valence-corrected chi connectivity index (χ4v) is 1.28. The van der Waals surface area contributed by atoms with Gasteiger partial charge in [0.05, 0.1) is 5.56 Å². The SMILES string of the molecule is Cc1ccc(C#N)c(NCC(C)C(C)C)n1. The molecule has 3 nitrogen and oxygen atoms in total. The number of nitriles is 1. The monoisotopic (exact) mass is 217 g/mol. The summed E-state index contributed by atoms with van der Waals surface area (Å²) in [5.41, 5.74) is 1.54. The van der Waals surface area contributed by atoms with E-state index in [1.54, 1.807) is 0 Å². The van der Waals surface area contributed by atoms with Crippen molar-refractivity contribution in [1.29, 1.82) is 5.26 Å². The first kappa shape index (κ1) is 12.5. The van der Waals surface area contributed by atoms with E-state index >= 15 is 0 Å². The summed E-state index contributed by atoms with van der Waals surface area (Å²) in [6, 6.07) is 5.82.